The van der Waals surface area contributed by atoms with Crippen molar-refractivity contribution in [1.82, 2.24) is 0 Å². The van der Waals surface area contributed by atoms with E-state index in [4.69, 9.17) is 0 Å². The molecule has 0 aliphatic rings. The Balaban J connectivity index is 2.31. The van der Waals surface area contributed by atoms with Gasteiger partial charge in [0.2, 0.25) is 0 Å². The second-order valence-electron chi connectivity index (χ2n) is 4.72. The first kappa shape index (κ1) is 14.4. The molecular weight excluding hydrogens is 263 g/mol. The molecule has 0 atom stereocenters. The lowest BCUT2D eigenvalue weighted by Crippen LogP contribution is -2.11. The molecule has 0 fully saturated rings. The van der Waals surface area contributed by atoms with E-state index in [0.29, 0.717) is 0 Å². The van der Waals surface area contributed by atoms with Gasteiger partial charge in [-0.15, -0.1) is 0 Å². The van der Waals surface area contributed by atoms with Crippen LogP contribution in [0.2, 0.25) is 0 Å². The van der Waals surface area contributed by atoms with Crippen LogP contribution in [0.1, 0.15) is 11.1 Å². The van der Waals surface area contributed by atoms with Gasteiger partial charge >= 0.3 is 6.18 Å². The third-order valence-electron chi connectivity index (χ3n) is 3.27. The van der Waals surface area contributed by atoms with Crippen LogP contribution in [-0.2, 0) is 6.42 Å². The van der Waals surface area contributed by atoms with Crippen molar-refractivity contribution in [2.24, 2.45) is 0 Å². The third-order valence-corrected chi connectivity index (χ3v) is 3.27. The molecule has 0 aliphatic carbocycles. The third kappa shape index (κ3) is 3.32. The maximum absolute atomic E-state index is 12.3. The number of rotatable bonds is 3. The lowest BCUT2D eigenvalue weighted by molar-refractivity contribution is -0.127. The Morgan fingerprint density at radius 1 is 1.00 bits per heavy atom. The highest BCUT2D eigenvalue weighted by Crippen LogP contribution is 2.29. The smallest absolute Gasteiger partial charge is 0.388 e. The standard InChI is InChI=1S/C16H16F3N/c1-11-14(4-3-5-15(11)20-2)13-8-6-12(7-9-13)10-16(17,18)19/h3-9,20H,10H2,1-2H3. The Kier molecular flexibility index (Phi) is 4.02. The Hall–Kier alpha value is -1.97. The molecule has 0 amide bonds. The van der Waals surface area contributed by atoms with Gasteiger partial charge < -0.3 is 5.32 Å². The van der Waals surface area contributed by atoms with Crippen molar-refractivity contribution in [3.63, 3.8) is 0 Å². The summed E-state index contributed by atoms with van der Waals surface area (Å²) in [6.07, 6.45) is -5.05. The average Bonchev–Trinajstić information content (AvgIpc) is 2.38. The van der Waals surface area contributed by atoms with Crippen molar-refractivity contribution in [2.75, 3.05) is 12.4 Å². The van der Waals surface area contributed by atoms with E-state index < -0.39 is 12.6 Å². The van der Waals surface area contributed by atoms with E-state index in [-0.39, 0.29) is 5.56 Å². The number of nitrogens with one attached hydrogen (secondary N) is 1. The van der Waals surface area contributed by atoms with Gasteiger partial charge in [0, 0.05) is 12.7 Å². The minimum Gasteiger partial charge on any atom is -0.388 e. The second kappa shape index (κ2) is 5.57. The molecular formula is C16H16F3N. The summed E-state index contributed by atoms with van der Waals surface area (Å²) in [7, 11) is 1.85. The normalized spacial score (nSPS) is 11.4. The molecule has 2 aromatic rings. The minimum atomic E-state index is -4.16. The van der Waals surface area contributed by atoms with Crippen molar-refractivity contribution in [2.45, 2.75) is 19.5 Å². The molecule has 2 aromatic carbocycles. The monoisotopic (exact) mass is 279 g/mol. The lowest BCUT2D eigenvalue weighted by Gasteiger charge is -2.12. The molecule has 2 rings (SSSR count). The van der Waals surface area contributed by atoms with E-state index in [1.165, 1.54) is 12.1 Å². The number of hydrogen-bond acceptors (Lipinski definition) is 1. The van der Waals surface area contributed by atoms with E-state index in [1.807, 2.05) is 32.2 Å². The summed E-state index contributed by atoms with van der Waals surface area (Å²) in [5, 5.41) is 3.10. The summed E-state index contributed by atoms with van der Waals surface area (Å²) in [4.78, 5) is 0. The molecule has 0 saturated carbocycles. The van der Waals surface area contributed by atoms with Gasteiger partial charge in [-0.05, 0) is 35.2 Å². The lowest BCUT2D eigenvalue weighted by atomic mass is 9.97. The molecule has 20 heavy (non-hydrogen) atoms. The summed E-state index contributed by atoms with van der Waals surface area (Å²) in [6, 6.07) is 12.4. The molecule has 1 nitrogen and oxygen atoms in total. The molecule has 106 valence electrons. The zero-order chi connectivity index (χ0) is 14.8. The first-order valence-corrected chi connectivity index (χ1v) is 6.34. The summed E-state index contributed by atoms with van der Waals surface area (Å²) < 4.78 is 37.0. The van der Waals surface area contributed by atoms with E-state index >= 15 is 0 Å². The molecule has 0 spiro atoms. The first-order valence-electron chi connectivity index (χ1n) is 6.34. The molecule has 4 heteroatoms. The van der Waals surface area contributed by atoms with E-state index in [1.54, 1.807) is 12.1 Å². The first-order chi connectivity index (χ1) is 9.40. The molecule has 0 radical (unpaired) electrons. The molecule has 0 heterocycles. The van der Waals surface area contributed by atoms with E-state index in [2.05, 4.69) is 5.32 Å². The summed E-state index contributed by atoms with van der Waals surface area (Å²) in [5.74, 6) is 0. The Labute approximate surface area is 116 Å². The van der Waals surface area contributed by atoms with Crippen LogP contribution in [0.5, 0.6) is 0 Å². The Morgan fingerprint density at radius 2 is 1.65 bits per heavy atom. The number of alkyl halides is 3. The van der Waals surface area contributed by atoms with Gasteiger partial charge in [0.05, 0.1) is 6.42 Å². The topological polar surface area (TPSA) is 12.0 Å². The second-order valence-corrected chi connectivity index (χ2v) is 4.72. The average molecular weight is 279 g/mol. The predicted molar refractivity (Wildman–Crippen MR) is 75.9 cm³/mol. The summed E-state index contributed by atoms with van der Waals surface area (Å²) in [6.45, 7) is 1.99. The fourth-order valence-electron chi connectivity index (χ4n) is 2.25. The summed E-state index contributed by atoms with van der Waals surface area (Å²) >= 11 is 0. The van der Waals surface area contributed by atoms with Crippen molar-refractivity contribution in [1.29, 1.82) is 0 Å². The van der Waals surface area contributed by atoms with Crippen LogP contribution in [0.25, 0.3) is 11.1 Å². The Morgan fingerprint density at radius 3 is 2.20 bits per heavy atom. The van der Waals surface area contributed by atoms with Crippen molar-refractivity contribution < 1.29 is 13.2 Å². The van der Waals surface area contributed by atoms with Gasteiger partial charge in [-0.1, -0.05) is 36.4 Å². The van der Waals surface area contributed by atoms with Crippen molar-refractivity contribution in [3.05, 3.63) is 53.6 Å². The number of anilines is 1. The fourth-order valence-corrected chi connectivity index (χ4v) is 2.25. The van der Waals surface area contributed by atoms with Crippen LogP contribution in [0.15, 0.2) is 42.5 Å². The summed E-state index contributed by atoms with van der Waals surface area (Å²) in [5.41, 5.74) is 4.32. The molecule has 0 saturated heterocycles. The molecule has 0 bridgehead atoms. The van der Waals surface area contributed by atoms with Crippen molar-refractivity contribution >= 4 is 5.69 Å². The van der Waals surface area contributed by atoms with Gasteiger partial charge in [0.1, 0.15) is 0 Å². The maximum atomic E-state index is 12.3. The highest BCUT2D eigenvalue weighted by atomic mass is 19.4. The highest BCUT2D eigenvalue weighted by molar-refractivity contribution is 5.73. The quantitative estimate of drug-likeness (QED) is 0.850. The Bertz CT molecular complexity index is 586. The number of hydrogen-bond donors (Lipinski definition) is 1. The van der Waals surface area contributed by atoms with Crippen LogP contribution in [0, 0.1) is 6.92 Å². The SMILES string of the molecule is CNc1cccc(-c2ccc(CC(F)(F)F)cc2)c1C. The van der Waals surface area contributed by atoms with Gasteiger partial charge in [-0.3, -0.25) is 0 Å². The predicted octanol–water partition coefficient (Wildman–Crippen LogP) is 4.81. The number of halogens is 3. The van der Waals surface area contributed by atoms with Gasteiger partial charge in [-0.25, -0.2) is 0 Å². The van der Waals surface area contributed by atoms with Crippen LogP contribution >= 0.6 is 0 Å². The molecule has 1 N–H and O–H groups in total. The number of benzene rings is 2. The zero-order valence-corrected chi connectivity index (χ0v) is 11.4. The largest absolute Gasteiger partial charge is 0.393 e. The van der Waals surface area contributed by atoms with E-state index in [0.717, 1.165) is 22.4 Å². The maximum Gasteiger partial charge on any atom is 0.393 e. The van der Waals surface area contributed by atoms with Crippen LogP contribution < -0.4 is 5.32 Å². The molecule has 0 aromatic heterocycles. The minimum absolute atomic E-state index is 0.281. The van der Waals surface area contributed by atoms with Crippen LogP contribution in [0.3, 0.4) is 0 Å². The van der Waals surface area contributed by atoms with Crippen LogP contribution in [-0.4, -0.2) is 13.2 Å². The van der Waals surface area contributed by atoms with Gasteiger partial charge in [-0.2, -0.15) is 13.2 Å². The van der Waals surface area contributed by atoms with Crippen LogP contribution in [0.4, 0.5) is 18.9 Å². The van der Waals surface area contributed by atoms with Crippen molar-refractivity contribution in [3.8, 4) is 11.1 Å². The molecule has 0 unspecified atom stereocenters. The fraction of sp³-hybridized carbons (Fsp3) is 0.250. The highest BCUT2D eigenvalue weighted by Gasteiger charge is 2.27. The van der Waals surface area contributed by atoms with E-state index in [9.17, 15) is 13.2 Å². The molecule has 0 aliphatic heterocycles. The van der Waals surface area contributed by atoms with Gasteiger partial charge in [0.15, 0.2) is 0 Å². The van der Waals surface area contributed by atoms with Gasteiger partial charge in [0.25, 0.3) is 0 Å². The zero-order valence-electron chi connectivity index (χ0n) is 11.4.